The van der Waals surface area contributed by atoms with Crippen LogP contribution in [0, 0.1) is 0 Å². The molecular weight excluding hydrogens is 272 g/mol. The Morgan fingerprint density at radius 3 is 2.77 bits per heavy atom. The Kier molecular flexibility index (Phi) is 4.94. The van der Waals surface area contributed by atoms with Gasteiger partial charge in [-0.25, -0.2) is 0 Å². The Hall–Kier alpha value is -1.61. The van der Waals surface area contributed by atoms with E-state index in [0.717, 1.165) is 43.7 Å². The zero-order valence-corrected chi connectivity index (χ0v) is 13.8. The Bertz CT molecular complexity index is 637. The van der Waals surface area contributed by atoms with E-state index < -0.39 is 0 Å². The largest absolute Gasteiger partial charge is 0.492 e. The predicted octanol–water partition coefficient (Wildman–Crippen LogP) is 3.83. The number of ether oxygens (including phenoxy) is 1. The molecule has 0 saturated heterocycles. The topological polar surface area (TPSA) is 25.4 Å². The molecule has 3 rings (SSSR count). The van der Waals surface area contributed by atoms with Crippen molar-refractivity contribution in [3.63, 3.8) is 0 Å². The van der Waals surface area contributed by atoms with E-state index in [1.165, 1.54) is 35.9 Å². The molecule has 3 nitrogen and oxygen atoms in total. The lowest BCUT2D eigenvalue weighted by molar-refractivity contribution is 0.281. The number of aromatic nitrogens is 1. The lowest BCUT2D eigenvalue weighted by Crippen LogP contribution is -2.16. The second-order valence-electron chi connectivity index (χ2n) is 6.45. The standard InChI is InChI=1S/C19H26N2O/c1-21(2)13-8-14-22-19-15-9-4-3-5-11-17(15)20-18-12-7-6-10-16(18)19/h6-7,10,12H,3-5,8-9,11,13-14H2,1-2H3. The number of benzene rings is 1. The van der Waals surface area contributed by atoms with Gasteiger partial charge in [-0.2, -0.15) is 0 Å². The first kappa shape index (κ1) is 15.3. The third-order valence-corrected chi connectivity index (χ3v) is 4.36. The molecule has 0 bridgehead atoms. The Labute approximate surface area is 133 Å². The molecule has 1 aromatic carbocycles. The number of hydrogen-bond donors (Lipinski definition) is 0. The minimum Gasteiger partial charge on any atom is -0.492 e. The highest BCUT2D eigenvalue weighted by Crippen LogP contribution is 2.34. The van der Waals surface area contributed by atoms with Gasteiger partial charge in [-0.1, -0.05) is 18.6 Å². The molecule has 118 valence electrons. The van der Waals surface area contributed by atoms with Gasteiger partial charge in [0.05, 0.1) is 12.1 Å². The molecule has 0 saturated carbocycles. The highest BCUT2D eigenvalue weighted by molar-refractivity contribution is 5.86. The fraction of sp³-hybridized carbons (Fsp3) is 0.526. The van der Waals surface area contributed by atoms with E-state index in [0.29, 0.717) is 0 Å². The van der Waals surface area contributed by atoms with Crippen molar-refractivity contribution in [2.24, 2.45) is 0 Å². The van der Waals surface area contributed by atoms with Gasteiger partial charge < -0.3 is 9.64 Å². The molecule has 0 spiro atoms. The van der Waals surface area contributed by atoms with Crippen LogP contribution in [0.5, 0.6) is 5.75 Å². The van der Waals surface area contributed by atoms with Gasteiger partial charge in [0.1, 0.15) is 5.75 Å². The maximum absolute atomic E-state index is 6.26. The van der Waals surface area contributed by atoms with Crippen molar-refractivity contribution < 1.29 is 4.74 Å². The minimum atomic E-state index is 0.776. The molecule has 1 heterocycles. The second kappa shape index (κ2) is 7.10. The molecule has 3 heteroatoms. The summed E-state index contributed by atoms with van der Waals surface area (Å²) >= 11 is 0. The zero-order valence-electron chi connectivity index (χ0n) is 13.8. The number of para-hydroxylation sites is 1. The van der Waals surface area contributed by atoms with Gasteiger partial charge in [0, 0.05) is 23.2 Å². The number of pyridine rings is 1. The maximum atomic E-state index is 6.26. The van der Waals surface area contributed by atoms with Gasteiger partial charge >= 0.3 is 0 Å². The quantitative estimate of drug-likeness (QED) is 0.619. The van der Waals surface area contributed by atoms with Gasteiger partial charge in [-0.3, -0.25) is 4.98 Å². The molecule has 0 radical (unpaired) electrons. The second-order valence-corrected chi connectivity index (χ2v) is 6.45. The lowest BCUT2D eigenvalue weighted by Gasteiger charge is -2.17. The predicted molar refractivity (Wildman–Crippen MR) is 91.7 cm³/mol. The van der Waals surface area contributed by atoms with Crippen LogP contribution in [0.1, 0.15) is 36.9 Å². The SMILES string of the molecule is CN(C)CCCOc1c2c(nc3ccccc13)CCCCC2. The maximum Gasteiger partial charge on any atom is 0.133 e. The van der Waals surface area contributed by atoms with E-state index in [1.807, 2.05) is 0 Å². The summed E-state index contributed by atoms with van der Waals surface area (Å²) in [6.45, 7) is 1.84. The molecule has 1 aromatic heterocycles. The molecule has 22 heavy (non-hydrogen) atoms. The molecule has 0 atom stereocenters. The highest BCUT2D eigenvalue weighted by Gasteiger charge is 2.18. The molecule has 2 aromatic rings. The van der Waals surface area contributed by atoms with Crippen LogP contribution in [0.25, 0.3) is 10.9 Å². The molecule has 0 amide bonds. The summed E-state index contributed by atoms with van der Waals surface area (Å²) in [5.41, 5.74) is 3.70. The summed E-state index contributed by atoms with van der Waals surface area (Å²) in [5.74, 6) is 1.10. The molecular formula is C19H26N2O. The van der Waals surface area contributed by atoms with E-state index in [2.05, 4.69) is 43.3 Å². The number of hydrogen-bond acceptors (Lipinski definition) is 3. The number of aryl methyl sites for hydroxylation is 1. The Morgan fingerprint density at radius 1 is 1.09 bits per heavy atom. The van der Waals surface area contributed by atoms with Crippen LogP contribution in [0.15, 0.2) is 24.3 Å². The molecule has 0 aliphatic heterocycles. The summed E-state index contributed by atoms with van der Waals surface area (Å²) in [7, 11) is 4.21. The first-order valence-corrected chi connectivity index (χ1v) is 8.44. The van der Waals surface area contributed by atoms with E-state index in [4.69, 9.17) is 9.72 Å². The average molecular weight is 298 g/mol. The van der Waals surface area contributed by atoms with E-state index in [-0.39, 0.29) is 0 Å². The fourth-order valence-corrected chi connectivity index (χ4v) is 3.23. The first-order chi connectivity index (χ1) is 10.8. The average Bonchev–Trinajstić information content (AvgIpc) is 2.75. The van der Waals surface area contributed by atoms with Gasteiger partial charge in [-0.05, 0) is 58.3 Å². The van der Waals surface area contributed by atoms with Crippen LogP contribution in [-0.2, 0) is 12.8 Å². The smallest absolute Gasteiger partial charge is 0.133 e. The number of rotatable bonds is 5. The zero-order chi connectivity index (χ0) is 15.4. The van der Waals surface area contributed by atoms with Crippen LogP contribution in [0.2, 0.25) is 0 Å². The fourth-order valence-electron chi connectivity index (χ4n) is 3.23. The van der Waals surface area contributed by atoms with E-state index in [9.17, 15) is 0 Å². The van der Waals surface area contributed by atoms with Crippen molar-refractivity contribution in [2.75, 3.05) is 27.2 Å². The van der Waals surface area contributed by atoms with Crippen LogP contribution in [0.4, 0.5) is 0 Å². The summed E-state index contributed by atoms with van der Waals surface area (Å²) in [6, 6.07) is 8.40. The van der Waals surface area contributed by atoms with Crippen LogP contribution in [-0.4, -0.2) is 37.1 Å². The van der Waals surface area contributed by atoms with Crippen molar-refractivity contribution in [3.05, 3.63) is 35.5 Å². The number of nitrogens with zero attached hydrogens (tertiary/aromatic N) is 2. The van der Waals surface area contributed by atoms with Crippen molar-refractivity contribution >= 4 is 10.9 Å². The van der Waals surface area contributed by atoms with Crippen molar-refractivity contribution in [2.45, 2.75) is 38.5 Å². The molecule has 1 aliphatic rings. The normalized spacial score (nSPS) is 14.9. The van der Waals surface area contributed by atoms with Gasteiger partial charge in [0.2, 0.25) is 0 Å². The van der Waals surface area contributed by atoms with Crippen LogP contribution >= 0.6 is 0 Å². The molecule has 1 aliphatic carbocycles. The summed E-state index contributed by atoms with van der Waals surface area (Å²) < 4.78 is 6.26. The minimum absolute atomic E-state index is 0.776. The molecule has 0 N–H and O–H groups in total. The monoisotopic (exact) mass is 298 g/mol. The Balaban J connectivity index is 1.92. The van der Waals surface area contributed by atoms with Gasteiger partial charge in [-0.15, -0.1) is 0 Å². The summed E-state index contributed by atoms with van der Waals surface area (Å²) in [5, 5.41) is 1.17. The van der Waals surface area contributed by atoms with Crippen molar-refractivity contribution in [1.29, 1.82) is 0 Å². The van der Waals surface area contributed by atoms with E-state index >= 15 is 0 Å². The van der Waals surface area contributed by atoms with Gasteiger partial charge in [0.15, 0.2) is 0 Å². The van der Waals surface area contributed by atoms with Gasteiger partial charge in [0.25, 0.3) is 0 Å². The summed E-state index contributed by atoms with van der Waals surface area (Å²) in [6.07, 6.45) is 7.05. The Morgan fingerprint density at radius 2 is 1.91 bits per heavy atom. The van der Waals surface area contributed by atoms with Crippen molar-refractivity contribution in [3.8, 4) is 5.75 Å². The van der Waals surface area contributed by atoms with Crippen LogP contribution < -0.4 is 4.74 Å². The van der Waals surface area contributed by atoms with Crippen LogP contribution in [0.3, 0.4) is 0 Å². The lowest BCUT2D eigenvalue weighted by atomic mass is 10.0. The van der Waals surface area contributed by atoms with E-state index in [1.54, 1.807) is 0 Å². The first-order valence-electron chi connectivity index (χ1n) is 8.44. The molecule has 0 unspecified atom stereocenters. The summed E-state index contributed by atoms with van der Waals surface area (Å²) in [4.78, 5) is 7.11. The number of fused-ring (bicyclic) bond motifs is 2. The van der Waals surface area contributed by atoms with Crippen molar-refractivity contribution in [1.82, 2.24) is 9.88 Å². The third kappa shape index (κ3) is 3.41. The molecule has 0 fully saturated rings. The highest BCUT2D eigenvalue weighted by atomic mass is 16.5. The third-order valence-electron chi connectivity index (χ3n) is 4.36.